The highest BCUT2D eigenvalue weighted by molar-refractivity contribution is 6.00. The molecule has 0 spiro atoms. The number of amides is 2. The zero-order chi connectivity index (χ0) is 24.8. The van der Waals surface area contributed by atoms with Crippen molar-refractivity contribution in [1.82, 2.24) is 15.5 Å². The molecular weight excluding hydrogens is 436 g/mol. The van der Waals surface area contributed by atoms with E-state index in [-0.39, 0.29) is 23.8 Å². The van der Waals surface area contributed by atoms with Crippen LogP contribution in [0.1, 0.15) is 48.2 Å². The van der Waals surface area contributed by atoms with Gasteiger partial charge in [0, 0.05) is 31.2 Å². The molecule has 0 bridgehead atoms. The maximum absolute atomic E-state index is 13.2. The van der Waals surface area contributed by atoms with Crippen LogP contribution in [0.25, 0.3) is 10.8 Å². The number of carbonyl (C=O) groups excluding carboxylic acids is 2. The Morgan fingerprint density at radius 3 is 2.51 bits per heavy atom. The van der Waals surface area contributed by atoms with E-state index in [1.165, 1.54) is 0 Å². The first-order valence-corrected chi connectivity index (χ1v) is 12.2. The SMILES string of the molecule is CC(C)C[C@H](NC(=O)c1ccc2ccccc2c1)C(=O)N[C@H]1CCN(Cc2ccc(C#N)cc2)C1. The van der Waals surface area contributed by atoms with Crippen LogP contribution in [0, 0.1) is 17.2 Å². The zero-order valence-electron chi connectivity index (χ0n) is 20.3. The number of likely N-dealkylation sites (tertiary alicyclic amines) is 1. The Bertz CT molecular complexity index is 1230. The minimum absolute atomic E-state index is 0.0492. The van der Waals surface area contributed by atoms with Gasteiger partial charge in [-0.25, -0.2) is 0 Å². The number of benzene rings is 3. The van der Waals surface area contributed by atoms with Crippen molar-refractivity contribution >= 4 is 22.6 Å². The van der Waals surface area contributed by atoms with Gasteiger partial charge in [0.2, 0.25) is 5.91 Å². The third-order valence-electron chi connectivity index (χ3n) is 6.45. The molecule has 180 valence electrons. The maximum Gasteiger partial charge on any atom is 0.251 e. The van der Waals surface area contributed by atoms with Crippen LogP contribution in [0.3, 0.4) is 0 Å². The summed E-state index contributed by atoms with van der Waals surface area (Å²) >= 11 is 0. The molecule has 1 heterocycles. The quantitative estimate of drug-likeness (QED) is 0.518. The number of fused-ring (bicyclic) bond motifs is 1. The normalized spacial score (nSPS) is 16.7. The number of hydrogen-bond acceptors (Lipinski definition) is 4. The molecule has 0 aromatic heterocycles. The molecule has 2 amide bonds. The fourth-order valence-electron chi connectivity index (χ4n) is 4.61. The molecule has 35 heavy (non-hydrogen) atoms. The fourth-order valence-corrected chi connectivity index (χ4v) is 4.61. The molecule has 0 saturated carbocycles. The van der Waals surface area contributed by atoms with Gasteiger partial charge in [0.1, 0.15) is 6.04 Å². The summed E-state index contributed by atoms with van der Waals surface area (Å²) in [5.74, 6) is -0.0948. The van der Waals surface area contributed by atoms with E-state index >= 15 is 0 Å². The average molecular weight is 469 g/mol. The van der Waals surface area contributed by atoms with Gasteiger partial charge < -0.3 is 10.6 Å². The number of nitriles is 1. The predicted molar refractivity (Wildman–Crippen MR) is 138 cm³/mol. The summed E-state index contributed by atoms with van der Waals surface area (Å²) in [7, 11) is 0. The van der Waals surface area contributed by atoms with E-state index in [4.69, 9.17) is 5.26 Å². The van der Waals surface area contributed by atoms with Crippen molar-refractivity contribution in [3.63, 3.8) is 0 Å². The molecule has 1 fully saturated rings. The second-order valence-corrected chi connectivity index (χ2v) is 9.76. The van der Waals surface area contributed by atoms with Gasteiger partial charge in [-0.15, -0.1) is 0 Å². The summed E-state index contributed by atoms with van der Waals surface area (Å²) in [6.45, 7) is 6.54. The summed E-state index contributed by atoms with van der Waals surface area (Å²) in [5.41, 5.74) is 2.36. The Morgan fingerprint density at radius 2 is 1.80 bits per heavy atom. The van der Waals surface area contributed by atoms with Crippen molar-refractivity contribution in [2.45, 2.75) is 45.3 Å². The Morgan fingerprint density at radius 1 is 1.06 bits per heavy atom. The first-order chi connectivity index (χ1) is 16.9. The van der Waals surface area contributed by atoms with Crippen LogP contribution >= 0.6 is 0 Å². The molecule has 2 atom stereocenters. The van der Waals surface area contributed by atoms with Crippen molar-refractivity contribution in [2.24, 2.45) is 5.92 Å². The molecule has 3 aromatic rings. The Kier molecular flexibility index (Phi) is 7.79. The van der Waals surface area contributed by atoms with Crippen LogP contribution in [-0.2, 0) is 11.3 Å². The summed E-state index contributed by atoms with van der Waals surface area (Å²) in [6, 6.07) is 22.7. The van der Waals surface area contributed by atoms with Gasteiger partial charge in [-0.3, -0.25) is 14.5 Å². The minimum Gasteiger partial charge on any atom is -0.350 e. The van der Waals surface area contributed by atoms with Crippen LogP contribution in [0.4, 0.5) is 0 Å². The Labute approximate surface area is 206 Å². The van der Waals surface area contributed by atoms with Crippen LogP contribution in [0.15, 0.2) is 66.7 Å². The summed E-state index contributed by atoms with van der Waals surface area (Å²) < 4.78 is 0. The molecule has 0 aliphatic carbocycles. The number of carbonyl (C=O) groups is 2. The van der Waals surface area contributed by atoms with E-state index in [0.717, 1.165) is 42.4 Å². The largest absolute Gasteiger partial charge is 0.350 e. The molecule has 1 aliphatic heterocycles. The third kappa shape index (κ3) is 6.46. The summed E-state index contributed by atoms with van der Waals surface area (Å²) in [5, 5.41) is 17.2. The molecule has 0 unspecified atom stereocenters. The lowest BCUT2D eigenvalue weighted by Crippen LogP contribution is -2.50. The van der Waals surface area contributed by atoms with Crippen molar-refractivity contribution < 1.29 is 9.59 Å². The summed E-state index contributed by atoms with van der Waals surface area (Å²) in [4.78, 5) is 28.5. The Hall–Kier alpha value is -3.69. The predicted octanol–water partition coefficient (Wildman–Crippen LogP) is 4.25. The maximum atomic E-state index is 13.2. The monoisotopic (exact) mass is 468 g/mol. The van der Waals surface area contributed by atoms with Gasteiger partial charge in [-0.2, -0.15) is 5.26 Å². The number of rotatable bonds is 8. The van der Waals surface area contributed by atoms with Gasteiger partial charge >= 0.3 is 0 Å². The van der Waals surface area contributed by atoms with E-state index in [9.17, 15) is 9.59 Å². The first kappa shape index (κ1) is 24.4. The zero-order valence-corrected chi connectivity index (χ0v) is 20.3. The number of nitrogens with zero attached hydrogens (tertiary/aromatic N) is 2. The third-order valence-corrected chi connectivity index (χ3v) is 6.45. The lowest BCUT2D eigenvalue weighted by molar-refractivity contribution is -0.124. The highest BCUT2D eigenvalue weighted by Gasteiger charge is 2.28. The number of hydrogen-bond donors (Lipinski definition) is 2. The van der Waals surface area contributed by atoms with E-state index in [1.54, 1.807) is 6.07 Å². The van der Waals surface area contributed by atoms with E-state index in [2.05, 4.69) is 35.5 Å². The molecule has 3 aromatic carbocycles. The molecule has 2 N–H and O–H groups in total. The average Bonchev–Trinajstić information content (AvgIpc) is 3.29. The van der Waals surface area contributed by atoms with Gasteiger partial charge in [0.25, 0.3) is 5.91 Å². The number of nitrogens with one attached hydrogen (secondary N) is 2. The second kappa shape index (κ2) is 11.2. The molecule has 0 radical (unpaired) electrons. The van der Waals surface area contributed by atoms with Crippen LogP contribution in [-0.4, -0.2) is 41.9 Å². The second-order valence-electron chi connectivity index (χ2n) is 9.76. The van der Waals surface area contributed by atoms with Gasteiger partial charge in [0.05, 0.1) is 11.6 Å². The fraction of sp³-hybridized carbons (Fsp3) is 0.345. The van der Waals surface area contributed by atoms with Crippen molar-refractivity contribution in [2.75, 3.05) is 13.1 Å². The lowest BCUT2D eigenvalue weighted by Gasteiger charge is -2.23. The first-order valence-electron chi connectivity index (χ1n) is 12.2. The minimum atomic E-state index is -0.582. The van der Waals surface area contributed by atoms with Crippen molar-refractivity contribution in [3.05, 3.63) is 83.4 Å². The standard InChI is InChI=1S/C29H32N4O2/c1-20(2)15-27(32-28(34)25-12-11-23-5-3-4-6-24(23)16-25)29(35)31-26-13-14-33(19-26)18-22-9-7-21(17-30)8-10-22/h3-12,16,20,26-27H,13-15,18-19H2,1-2H3,(H,31,35)(H,32,34)/t26-,27-/m0/s1. The van der Waals surface area contributed by atoms with Crippen molar-refractivity contribution in [1.29, 1.82) is 5.26 Å². The molecule has 6 heteroatoms. The van der Waals surface area contributed by atoms with Gasteiger partial charge in [-0.05, 0) is 59.4 Å². The highest BCUT2D eigenvalue weighted by Crippen LogP contribution is 2.17. The van der Waals surface area contributed by atoms with E-state index in [1.807, 2.05) is 60.7 Å². The van der Waals surface area contributed by atoms with E-state index < -0.39 is 6.04 Å². The van der Waals surface area contributed by atoms with Crippen molar-refractivity contribution in [3.8, 4) is 6.07 Å². The van der Waals surface area contributed by atoms with Crippen LogP contribution in [0.5, 0.6) is 0 Å². The highest BCUT2D eigenvalue weighted by atomic mass is 16.2. The smallest absolute Gasteiger partial charge is 0.251 e. The molecular formula is C29H32N4O2. The summed E-state index contributed by atoms with van der Waals surface area (Å²) in [6.07, 6.45) is 1.45. The lowest BCUT2D eigenvalue weighted by atomic mass is 10.0. The van der Waals surface area contributed by atoms with Gasteiger partial charge in [-0.1, -0.05) is 56.3 Å². The molecule has 4 rings (SSSR count). The van der Waals surface area contributed by atoms with E-state index in [0.29, 0.717) is 17.5 Å². The van der Waals surface area contributed by atoms with Crippen LogP contribution in [0.2, 0.25) is 0 Å². The molecule has 6 nitrogen and oxygen atoms in total. The topological polar surface area (TPSA) is 85.2 Å². The molecule has 1 aliphatic rings. The van der Waals surface area contributed by atoms with Gasteiger partial charge in [0.15, 0.2) is 0 Å². The molecule has 1 saturated heterocycles. The van der Waals surface area contributed by atoms with Crippen LogP contribution < -0.4 is 10.6 Å². The Balaban J connectivity index is 1.35.